The minimum Gasteiger partial charge on any atom is -0.452 e. The zero-order valence-electron chi connectivity index (χ0n) is 6.89. The first-order valence-corrected chi connectivity index (χ1v) is 4.48. The highest BCUT2D eigenvalue weighted by Crippen LogP contribution is 2.34. The molecule has 2 heterocycles. The van der Waals surface area contributed by atoms with Gasteiger partial charge in [0.1, 0.15) is 17.4 Å². The van der Waals surface area contributed by atoms with Crippen molar-refractivity contribution in [2.45, 2.75) is 12.7 Å². The summed E-state index contributed by atoms with van der Waals surface area (Å²) in [5, 5.41) is 0.426. The van der Waals surface area contributed by atoms with Crippen molar-refractivity contribution in [1.29, 1.82) is 0 Å². The quantitative estimate of drug-likeness (QED) is 0.676. The van der Waals surface area contributed by atoms with Crippen molar-refractivity contribution in [3.63, 3.8) is 0 Å². The average molecular weight is 197 g/mol. The number of aromatic nitrogens is 1. The van der Waals surface area contributed by atoms with Crippen LogP contribution in [0, 0.1) is 0 Å². The van der Waals surface area contributed by atoms with Crippen LogP contribution in [0.2, 0.25) is 0 Å². The number of thiazole rings is 1. The van der Waals surface area contributed by atoms with Gasteiger partial charge in [-0.15, -0.1) is 11.3 Å². The molecule has 68 valence electrons. The van der Waals surface area contributed by atoms with Crippen molar-refractivity contribution in [2.24, 2.45) is 0 Å². The Labute approximate surface area is 78.8 Å². The number of hydrogen-bond donors (Lipinski definition) is 0. The monoisotopic (exact) mass is 197 g/mol. The van der Waals surface area contributed by atoms with E-state index in [4.69, 9.17) is 9.47 Å². The Bertz CT molecular complexity index is 350. The first-order valence-electron chi connectivity index (χ1n) is 3.67. The van der Waals surface area contributed by atoms with Crippen LogP contribution in [-0.4, -0.2) is 11.3 Å². The second-order valence-corrected chi connectivity index (χ2v) is 3.70. The smallest absolute Gasteiger partial charge is 0.284 e. The van der Waals surface area contributed by atoms with Crippen molar-refractivity contribution >= 4 is 17.6 Å². The largest absolute Gasteiger partial charge is 0.452 e. The topological polar surface area (TPSA) is 48.4 Å². The van der Waals surface area contributed by atoms with Gasteiger partial charge in [-0.05, 0) is 0 Å². The first kappa shape index (κ1) is 8.25. The molecule has 0 amide bonds. The van der Waals surface area contributed by atoms with Gasteiger partial charge >= 0.3 is 0 Å². The third-order valence-electron chi connectivity index (χ3n) is 1.71. The summed E-state index contributed by atoms with van der Waals surface area (Å²) in [7, 11) is 0. The number of rotatable bonds is 2. The Balaban J connectivity index is 2.29. The van der Waals surface area contributed by atoms with Crippen molar-refractivity contribution in [3.8, 4) is 0 Å². The molecule has 0 unspecified atom stereocenters. The molecule has 0 aliphatic carbocycles. The number of ether oxygens (including phenoxy) is 2. The van der Waals surface area contributed by atoms with Crippen LogP contribution >= 0.6 is 11.3 Å². The van der Waals surface area contributed by atoms with Crippen LogP contribution < -0.4 is 0 Å². The molecule has 1 aliphatic heterocycles. The predicted molar refractivity (Wildman–Crippen MR) is 46.2 cm³/mol. The second-order valence-electron chi connectivity index (χ2n) is 2.63. The molecule has 1 aromatic heterocycles. The van der Waals surface area contributed by atoms with Crippen LogP contribution in [-0.2, 0) is 15.3 Å². The highest BCUT2D eigenvalue weighted by atomic mass is 32.1. The van der Waals surface area contributed by atoms with E-state index in [0.717, 1.165) is 4.88 Å². The molecular weight excluding hydrogens is 190 g/mol. The van der Waals surface area contributed by atoms with E-state index in [-0.39, 0.29) is 0 Å². The third kappa shape index (κ3) is 1.31. The predicted octanol–water partition coefficient (Wildman–Crippen LogP) is 1.65. The standard InChI is InChI=1S/C8H7NO3S/c1-8(11-2-3-12-8)6-4-9-7(5-10)13-6/h2-5H,1H3. The van der Waals surface area contributed by atoms with E-state index in [2.05, 4.69) is 4.98 Å². The van der Waals surface area contributed by atoms with Gasteiger partial charge in [-0.3, -0.25) is 4.79 Å². The number of aldehydes is 1. The van der Waals surface area contributed by atoms with E-state index < -0.39 is 5.79 Å². The molecule has 2 rings (SSSR count). The van der Waals surface area contributed by atoms with Crippen LogP contribution in [0.4, 0.5) is 0 Å². The van der Waals surface area contributed by atoms with Crippen molar-refractivity contribution < 1.29 is 14.3 Å². The Hall–Kier alpha value is -1.36. The number of nitrogens with zero attached hydrogens (tertiary/aromatic N) is 1. The summed E-state index contributed by atoms with van der Waals surface area (Å²) in [6.07, 6.45) is 5.24. The zero-order chi connectivity index (χ0) is 9.31. The summed E-state index contributed by atoms with van der Waals surface area (Å²) in [4.78, 5) is 15.1. The maximum Gasteiger partial charge on any atom is 0.284 e. The van der Waals surface area contributed by atoms with E-state index in [1.807, 2.05) is 0 Å². The average Bonchev–Trinajstić information content (AvgIpc) is 2.72. The molecule has 5 heteroatoms. The maximum absolute atomic E-state index is 10.4. The molecule has 0 aromatic carbocycles. The summed E-state index contributed by atoms with van der Waals surface area (Å²) in [5.41, 5.74) is 0. The number of carbonyl (C=O) groups is 1. The Morgan fingerprint density at radius 1 is 1.54 bits per heavy atom. The van der Waals surface area contributed by atoms with Crippen LogP contribution in [0.5, 0.6) is 0 Å². The molecule has 1 aliphatic rings. The van der Waals surface area contributed by atoms with Gasteiger partial charge in [0.2, 0.25) is 0 Å². The van der Waals surface area contributed by atoms with Crippen LogP contribution in [0.1, 0.15) is 21.6 Å². The number of carbonyl (C=O) groups excluding carboxylic acids is 1. The number of hydrogen-bond acceptors (Lipinski definition) is 5. The maximum atomic E-state index is 10.4. The molecule has 0 atom stereocenters. The van der Waals surface area contributed by atoms with Gasteiger partial charge < -0.3 is 9.47 Å². The van der Waals surface area contributed by atoms with E-state index in [1.165, 1.54) is 23.9 Å². The van der Waals surface area contributed by atoms with E-state index in [9.17, 15) is 4.79 Å². The normalized spacial score (nSPS) is 17.9. The molecule has 4 nitrogen and oxygen atoms in total. The molecule has 0 spiro atoms. The lowest BCUT2D eigenvalue weighted by Crippen LogP contribution is -2.20. The highest BCUT2D eigenvalue weighted by molar-refractivity contribution is 7.13. The van der Waals surface area contributed by atoms with Crippen molar-refractivity contribution in [1.82, 2.24) is 4.98 Å². The zero-order valence-corrected chi connectivity index (χ0v) is 7.71. The fraction of sp³-hybridized carbons (Fsp3) is 0.250. The SMILES string of the molecule is CC1(c2cnc(C=O)s2)OC=CO1. The van der Waals surface area contributed by atoms with Gasteiger partial charge in [-0.1, -0.05) is 0 Å². The summed E-state index contributed by atoms with van der Waals surface area (Å²) >= 11 is 1.26. The fourth-order valence-corrected chi connectivity index (χ4v) is 1.78. The van der Waals surface area contributed by atoms with Gasteiger partial charge in [0.15, 0.2) is 11.3 Å². The Morgan fingerprint density at radius 2 is 2.23 bits per heavy atom. The van der Waals surface area contributed by atoms with Gasteiger partial charge in [-0.2, -0.15) is 0 Å². The molecule has 1 aromatic rings. The lowest BCUT2D eigenvalue weighted by molar-refractivity contribution is -0.130. The summed E-state index contributed by atoms with van der Waals surface area (Å²) in [6.45, 7) is 1.77. The molecule has 0 radical (unpaired) electrons. The fourth-order valence-electron chi connectivity index (χ4n) is 1.01. The Morgan fingerprint density at radius 3 is 2.77 bits per heavy atom. The summed E-state index contributed by atoms with van der Waals surface area (Å²) < 4.78 is 10.5. The minimum atomic E-state index is -0.807. The van der Waals surface area contributed by atoms with Crippen molar-refractivity contribution in [3.05, 3.63) is 28.6 Å². The van der Waals surface area contributed by atoms with E-state index in [1.54, 1.807) is 13.1 Å². The molecule has 0 N–H and O–H groups in total. The lowest BCUT2D eigenvalue weighted by Gasteiger charge is -2.20. The first-order chi connectivity index (χ1) is 6.24. The molecular formula is C8H7NO3S. The van der Waals surface area contributed by atoms with Gasteiger partial charge in [0.05, 0.1) is 0 Å². The molecule has 0 saturated carbocycles. The van der Waals surface area contributed by atoms with Crippen LogP contribution in [0.3, 0.4) is 0 Å². The van der Waals surface area contributed by atoms with Crippen LogP contribution in [0.25, 0.3) is 0 Å². The van der Waals surface area contributed by atoms with Gasteiger partial charge in [0.25, 0.3) is 5.79 Å². The highest BCUT2D eigenvalue weighted by Gasteiger charge is 2.34. The van der Waals surface area contributed by atoms with E-state index in [0.29, 0.717) is 11.3 Å². The molecule has 0 fully saturated rings. The summed E-state index contributed by atoms with van der Waals surface area (Å²) in [6, 6.07) is 0. The van der Waals surface area contributed by atoms with Crippen LogP contribution in [0.15, 0.2) is 18.7 Å². The summed E-state index contributed by atoms with van der Waals surface area (Å²) in [5.74, 6) is -0.807. The van der Waals surface area contributed by atoms with E-state index >= 15 is 0 Å². The molecule has 0 saturated heterocycles. The van der Waals surface area contributed by atoms with Gasteiger partial charge in [-0.25, -0.2) is 4.98 Å². The second kappa shape index (κ2) is 2.85. The molecule has 0 bridgehead atoms. The molecule has 13 heavy (non-hydrogen) atoms. The van der Waals surface area contributed by atoms with Gasteiger partial charge in [0, 0.05) is 13.1 Å². The Kier molecular flexibility index (Phi) is 1.81. The lowest BCUT2D eigenvalue weighted by atomic mass is 10.3. The third-order valence-corrected chi connectivity index (χ3v) is 2.82. The van der Waals surface area contributed by atoms with Crippen molar-refractivity contribution in [2.75, 3.05) is 0 Å². The minimum absolute atomic E-state index is 0.426.